The average molecular weight is 395 g/mol. The zero-order chi connectivity index (χ0) is 20.1. The molecular formula is C21H21N3O3S. The number of ether oxygens (including phenoxy) is 1. The number of aryl methyl sites for hydroxylation is 1. The standard InChI is InChI=1S/C21H21N3O3S/c1-3-24-20(26)18(28-21(24)23-16-8-4-14(2)5-9-16)12-15-6-10-17(11-7-15)27-13-19(22)25/h4-12H,3,13H2,1-2H3,(H2,22,25)/b18-12+,23-21?. The number of thioether (sulfide) groups is 1. The number of carbonyl (C=O) groups excluding carboxylic acids is 2. The fourth-order valence-electron chi connectivity index (χ4n) is 2.57. The summed E-state index contributed by atoms with van der Waals surface area (Å²) in [6.45, 7) is 4.33. The van der Waals surface area contributed by atoms with Gasteiger partial charge in [-0.3, -0.25) is 14.5 Å². The molecule has 2 N–H and O–H groups in total. The monoisotopic (exact) mass is 395 g/mol. The van der Waals surface area contributed by atoms with Crippen LogP contribution in [-0.2, 0) is 9.59 Å². The Kier molecular flexibility index (Phi) is 6.16. The number of amidine groups is 1. The highest BCUT2D eigenvalue weighted by atomic mass is 32.2. The first-order valence-electron chi connectivity index (χ1n) is 8.84. The van der Waals surface area contributed by atoms with E-state index < -0.39 is 5.91 Å². The smallest absolute Gasteiger partial charge is 0.266 e. The van der Waals surface area contributed by atoms with Gasteiger partial charge in [0.05, 0.1) is 10.6 Å². The number of carbonyl (C=O) groups is 2. The van der Waals surface area contributed by atoms with E-state index in [1.807, 2.05) is 56.3 Å². The lowest BCUT2D eigenvalue weighted by molar-refractivity contribution is -0.122. The topological polar surface area (TPSA) is 85.0 Å². The fraction of sp³-hybridized carbons (Fsp3) is 0.190. The molecule has 6 nitrogen and oxygen atoms in total. The van der Waals surface area contributed by atoms with Crippen LogP contribution >= 0.6 is 11.8 Å². The van der Waals surface area contributed by atoms with Crippen LogP contribution in [0, 0.1) is 6.92 Å². The molecule has 2 aromatic carbocycles. The summed E-state index contributed by atoms with van der Waals surface area (Å²) in [6, 6.07) is 15.0. The highest BCUT2D eigenvalue weighted by Crippen LogP contribution is 2.34. The molecule has 3 rings (SSSR count). The first kappa shape index (κ1) is 19.7. The van der Waals surface area contributed by atoms with Gasteiger partial charge in [0.1, 0.15) is 5.75 Å². The molecule has 7 heteroatoms. The average Bonchev–Trinajstić information content (AvgIpc) is 2.97. The minimum atomic E-state index is -0.529. The van der Waals surface area contributed by atoms with Crippen molar-refractivity contribution in [1.82, 2.24) is 4.90 Å². The maximum absolute atomic E-state index is 12.7. The Morgan fingerprint density at radius 2 is 1.86 bits per heavy atom. The molecule has 0 aliphatic carbocycles. The van der Waals surface area contributed by atoms with Crippen LogP contribution in [0.1, 0.15) is 18.1 Å². The summed E-state index contributed by atoms with van der Waals surface area (Å²) < 4.78 is 5.25. The van der Waals surface area contributed by atoms with Gasteiger partial charge in [-0.05, 0) is 61.5 Å². The summed E-state index contributed by atoms with van der Waals surface area (Å²) in [7, 11) is 0. The molecule has 28 heavy (non-hydrogen) atoms. The third-order valence-electron chi connectivity index (χ3n) is 4.02. The van der Waals surface area contributed by atoms with E-state index in [4.69, 9.17) is 10.5 Å². The summed E-state index contributed by atoms with van der Waals surface area (Å²) in [6.07, 6.45) is 1.82. The zero-order valence-corrected chi connectivity index (χ0v) is 16.5. The molecule has 0 unspecified atom stereocenters. The summed E-state index contributed by atoms with van der Waals surface area (Å²) in [5.74, 6) is -0.0465. The van der Waals surface area contributed by atoms with Crippen LogP contribution in [0.15, 0.2) is 58.4 Å². The van der Waals surface area contributed by atoms with Crippen molar-refractivity contribution in [2.24, 2.45) is 10.7 Å². The summed E-state index contributed by atoms with van der Waals surface area (Å²) >= 11 is 1.36. The van der Waals surface area contributed by atoms with Gasteiger partial charge >= 0.3 is 0 Å². The lowest BCUT2D eigenvalue weighted by Gasteiger charge is -2.12. The highest BCUT2D eigenvalue weighted by Gasteiger charge is 2.32. The van der Waals surface area contributed by atoms with Crippen molar-refractivity contribution < 1.29 is 14.3 Å². The molecule has 0 spiro atoms. The molecule has 0 saturated carbocycles. The molecule has 1 aliphatic heterocycles. The molecule has 0 atom stereocenters. The Morgan fingerprint density at radius 3 is 2.46 bits per heavy atom. The van der Waals surface area contributed by atoms with Gasteiger partial charge in [0.2, 0.25) is 0 Å². The van der Waals surface area contributed by atoms with Crippen molar-refractivity contribution in [3.05, 3.63) is 64.6 Å². The molecular weight excluding hydrogens is 374 g/mol. The number of primary amides is 1. The molecule has 0 aromatic heterocycles. The van der Waals surface area contributed by atoms with Gasteiger partial charge in [-0.25, -0.2) is 4.99 Å². The number of hydrogen-bond acceptors (Lipinski definition) is 5. The predicted molar refractivity (Wildman–Crippen MR) is 112 cm³/mol. The predicted octanol–water partition coefficient (Wildman–Crippen LogP) is 3.48. The van der Waals surface area contributed by atoms with Gasteiger partial charge in [0, 0.05) is 6.54 Å². The first-order valence-corrected chi connectivity index (χ1v) is 9.66. The Morgan fingerprint density at radius 1 is 1.18 bits per heavy atom. The van der Waals surface area contributed by atoms with Crippen LogP contribution < -0.4 is 10.5 Å². The van der Waals surface area contributed by atoms with E-state index >= 15 is 0 Å². The Hall–Kier alpha value is -3.06. The lowest BCUT2D eigenvalue weighted by Crippen LogP contribution is -2.28. The van der Waals surface area contributed by atoms with Gasteiger partial charge < -0.3 is 10.5 Å². The molecule has 1 heterocycles. The van der Waals surface area contributed by atoms with Crippen LogP contribution in [0.4, 0.5) is 5.69 Å². The molecule has 1 fully saturated rings. The quantitative estimate of drug-likeness (QED) is 0.759. The van der Waals surface area contributed by atoms with Crippen LogP contribution in [0.25, 0.3) is 6.08 Å². The van der Waals surface area contributed by atoms with Crippen LogP contribution in [-0.4, -0.2) is 35.0 Å². The van der Waals surface area contributed by atoms with Crippen molar-refractivity contribution >= 4 is 40.5 Å². The van der Waals surface area contributed by atoms with Crippen molar-refractivity contribution in [3.63, 3.8) is 0 Å². The number of aliphatic imine (C=N–C) groups is 1. The van der Waals surface area contributed by atoms with Gasteiger partial charge in [-0.1, -0.05) is 29.8 Å². The third kappa shape index (κ3) is 4.80. The lowest BCUT2D eigenvalue weighted by atomic mass is 10.2. The van der Waals surface area contributed by atoms with Crippen molar-refractivity contribution in [3.8, 4) is 5.75 Å². The van der Waals surface area contributed by atoms with E-state index in [2.05, 4.69) is 4.99 Å². The largest absolute Gasteiger partial charge is 0.484 e. The van der Waals surface area contributed by atoms with Crippen molar-refractivity contribution in [2.75, 3.05) is 13.2 Å². The molecule has 2 aromatic rings. The maximum atomic E-state index is 12.7. The number of hydrogen-bond donors (Lipinski definition) is 1. The number of nitrogens with zero attached hydrogens (tertiary/aromatic N) is 2. The number of amides is 2. The van der Waals surface area contributed by atoms with Crippen molar-refractivity contribution in [1.29, 1.82) is 0 Å². The third-order valence-corrected chi connectivity index (χ3v) is 5.03. The SMILES string of the molecule is CCN1C(=O)/C(=C\c2ccc(OCC(N)=O)cc2)SC1=Nc1ccc(C)cc1. The van der Waals surface area contributed by atoms with Crippen LogP contribution in [0.3, 0.4) is 0 Å². The molecule has 2 amide bonds. The van der Waals surface area contributed by atoms with Gasteiger partial charge in [-0.2, -0.15) is 0 Å². The number of likely N-dealkylation sites (N-methyl/N-ethyl adjacent to an activating group) is 1. The van der Waals surface area contributed by atoms with Crippen LogP contribution in [0.2, 0.25) is 0 Å². The second-order valence-electron chi connectivity index (χ2n) is 6.21. The summed E-state index contributed by atoms with van der Waals surface area (Å²) in [5, 5.41) is 0.670. The number of nitrogens with two attached hydrogens (primary N) is 1. The number of rotatable bonds is 6. The molecule has 0 radical (unpaired) electrons. The molecule has 1 aliphatic rings. The molecule has 144 valence electrons. The van der Waals surface area contributed by atoms with E-state index in [1.165, 1.54) is 11.8 Å². The van der Waals surface area contributed by atoms with E-state index in [0.29, 0.717) is 22.4 Å². The van der Waals surface area contributed by atoms with E-state index in [9.17, 15) is 9.59 Å². The minimum Gasteiger partial charge on any atom is -0.484 e. The molecule has 1 saturated heterocycles. The van der Waals surface area contributed by atoms with E-state index in [-0.39, 0.29) is 12.5 Å². The zero-order valence-electron chi connectivity index (χ0n) is 15.7. The maximum Gasteiger partial charge on any atom is 0.266 e. The second-order valence-corrected chi connectivity index (χ2v) is 7.22. The first-order chi connectivity index (χ1) is 13.5. The second kappa shape index (κ2) is 8.75. The van der Waals surface area contributed by atoms with Gasteiger partial charge in [-0.15, -0.1) is 0 Å². The van der Waals surface area contributed by atoms with Gasteiger partial charge in [0.25, 0.3) is 11.8 Å². The summed E-state index contributed by atoms with van der Waals surface area (Å²) in [5.41, 5.74) is 7.90. The minimum absolute atomic E-state index is 0.0626. The Balaban J connectivity index is 1.79. The van der Waals surface area contributed by atoms with Crippen LogP contribution in [0.5, 0.6) is 5.75 Å². The molecule has 0 bridgehead atoms. The van der Waals surface area contributed by atoms with Crippen molar-refractivity contribution in [2.45, 2.75) is 13.8 Å². The normalized spacial score (nSPS) is 16.8. The van der Waals surface area contributed by atoms with E-state index in [0.717, 1.165) is 16.8 Å². The highest BCUT2D eigenvalue weighted by molar-refractivity contribution is 8.18. The Labute approximate surface area is 168 Å². The fourth-order valence-corrected chi connectivity index (χ4v) is 3.63. The number of benzene rings is 2. The van der Waals surface area contributed by atoms with E-state index in [1.54, 1.807) is 17.0 Å². The Bertz CT molecular complexity index is 934. The summed E-state index contributed by atoms with van der Waals surface area (Å²) in [4.78, 5) is 30.4. The van der Waals surface area contributed by atoms with Gasteiger partial charge in [0.15, 0.2) is 11.8 Å².